The Balaban J connectivity index is 1.85. The molecule has 0 radical (unpaired) electrons. The van der Waals surface area contributed by atoms with Gasteiger partial charge in [-0.25, -0.2) is 0 Å². The summed E-state index contributed by atoms with van der Waals surface area (Å²) in [5, 5.41) is 9.75. The highest BCUT2D eigenvalue weighted by Crippen LogP contribution is 2.51. The van der Waals surface area contributed by atoms with Crippen molar-refractivity contribution < 1.29 is 0 Å². The first-order chi connectivity index (χ1) is 11.4. The molecular weight excluding hydrogens is 280 g/mol. The first-order valence-corrected chi connectivity index (χ1v) is 8.94. The van der Waals surface area contributed by atoms with Crippen LogP contribution in [0.25, 0.3) is 0 Å². The summed E-state index contributed by atoms with van der Waals surface area (Å²) < 4.78 is 0. The van der Waals surface area contributed by atoms with Crippen LogP contribution in [0.4, 0.5) is 0 Å². The predicted octanol–water partition coefficient (Wildman–Crippen LogP) is 5.74. The molecule has 1 aliphatic carbocycles. The van der Waals surface area contributed by atoms with E-state index in [1.54, 1.807) is 0 Å². The molecule has 0 spiro atoms. The molecule has 0 saturated heterocycles. The van der Waals surface area contributed by atoms with Crippen LogP contribution < -0.4 is 0 Å². The molecule has 118 valence electrons. The van der Waals surface area contributed by atoms with Gasteiger partial charge >= 0.3 is 0 Å². The number of rotatable bonds is 2. The van der Waals surface area contributed by atoms with Crippen LogP contribution in [0.1, 0.15) is 49.7 Å². The molecule has 1 aliphatic heterocycles. The monoisotopic (exact) mass is 304 g/mol. The normalized spacial score (nSPS) is 26.3. The molecule has 1 heterocycles. The van der Waals surface area contributed by atoms with Crippen molar-refractivity contribution in [2.24, 2.45) is 16.1 Å². The lowest BCUT2D eigenvalue weighted by Crippen LogP contribution is -2.37. The van der Waals surface area contributed by atoms with Crippen molar-refractivity contribution in [1.29, 1.82) is 0 Å². The van der Waals surface area contributed by atoms with Crippen molar-refractivity contribution >= 4 is 0 Å². The topological polar surface area (TPSA) is 24.7 Å². The summed E-state index contributed by atoms with van der Waals surface area (Å²) in [6.07, 6.45) is 7.70. The quantitative estimate of drug-likeness (QED) is 0.676. The van der Waals surface area contributed by atoms with Gasteiger partial charge in [0, 0.05) is 5.92 Å². The minimum absolute atomic E-state index is 0.287. The van der Waals surface area contributed by atoms with E-state index in [1.165, 1.54) is 49.7 Å². The van der Waals surface area contributed by atoms with Crippen molar-refractivity contribution in [2.45, 2.75) is 50.1 Å². The minimum atomic E-state index is -0.287. The number of hydrogen-bond donors (Lipinski definition) is 0. The molecule has 0 aromatic heterocycles. The Labute approximate surface area is 138 Å². The zero-order chi connectivity index (χ0) is 15.5. The molecule has 0 amide bonds. The highest BCUT2D eigenvalue weighted by Gasteiger charge is 2.49. The molecule has 1 fully saturated rings. The zero-order valence-corrected chi connectivity index (χ0v) is 13.6. The maximum absolute atomic E-state index is 4.96. The van der Waals surface area contributed by atoms with Crippen LogP contribution in [0.5, 0.6) is 0 Å². The SMILES string of the molecule is c1ccc(C2(c3ccccc3)N=NC3CCCCCCC32)cc1. The molecule has 2 unspecified atom stereocenters. The maximum Gasteiger partial charge on any atom is 0.136 e. The lowest BCUT2D eigenvalue weighted by atomic mass is 9.68. The average molecular weight is 304 g/mol. The van der Waals surface area contributed by atoms with E-state index in [-0.39, 0.29) is 5.54 Å². The van der Waals surface area contributed by atoms with Crippen LogP contribution in [0.2, 0.25) is 0 Å². The van der Waals surface area contributed by atoms with Gasteiger partial charge in [-0.1, -0.05) is 86.3 Å². The standard InChI is InChI=1S/C21H24N2/c1-2-10-16-20-19(15-9-1)21(23-22-20,17-11-5-3-6-12-17)18-13-7-4-8-14-18/h3-8,11-14,19-20H,1-2,9-10,15-16H2. The lowest BCUT2D eigenvalue weighted by Gasteiger charge is -2.36. The molecule has 4 rings (SSSR count). The predicted molar refractivity (Wildman–Crippen MR) is 93.5 cm³/mol. The number of fused-ring (bicyclic) bond motifs is 1. The van der Waals surface area contributed by atoms with E-state index in [1.807, 2.05) is 0 Å². The van der Waals surface area contributed by atoms with Gasteiger partial charge in [0.1, 0.15) is 5.54 Å². The van der Waals surface area contributed by atoms with Crippen LogP contribution in [0.3, 0.4) is 0 Å². The Bertz CT molecular complexity index is 623. The van der Waals surface area contributed by atoms with Crippen LogP contribution >= 0.6 is 0 Å². The number of benzene rings is 2. The van der Waals surface area contributed by atoms with Crippen LogP contribution in [-0.4, -0.2) is 6.04 Å². The van der Waals surface area contributed by atoms with Gasteiger partial charge in [0.05, 0.1) is 6.04 Å². The molecule has 2 aromatic rings. The second-order valence-electron chi connectivity index (χ2n) is 6.88. The lowest BCUT2D eigenvalue weighted by molar-refractivity contribution is 0.275. The van der Waals surface area contributed by atoms with Gasteiger partial charge in [-0.15, -0.1) is 0 Å². The average Bonchev–Trinajstić information content (AvgIpc) is 2.95. The van der Waals surface area contributed by atoms with E-state index >= 15 is 0 Å². The molecule has 2 aliphatic rings. The van der Waals surface area contributed by atoms with E-state index in [0.29, 0.717) is 12.0 Å². The van der Waals surface area contributed by atoms with Gasteiger partial charge in [-0.05, 0) is 24.0 Å². The largest absolute Gasteiger partial charge is 0.189 e. The van der Waals surface area contributed by atoms with Gasteiger partial charge < -0.3 is 0 Å². The van der Waals surface area contributed by atoms with Crippen LogP contribution in [-0.2, 0) is 5.54 Å². The van der Waals surface area contributed by atoms with E-state index in [9.17, 15) is 0 Å². The third kappa shape index (κ3) is 2.50. The Kier molecular flexibility index (Phi) is 3.99. The fourth-order valence-corrected chi connectivity index (χ4v) is 4.42. The highest BCUT2D eigenvalue weighted by molar-refractivity contribution is 5.41. The van der Waals surface area contributed by atoms with Gasteiger partial charge in [-0.2, -0.15) is 10.2 Å². The fraction of sp³-hybridized carbons (Fsp3) is 0.429. The third-order valence-electron chi connectivity index (χ3n) is 5.56. The van der Waals surface area contributed by atoms with E-state index in [2.05, 4.69) is 60.7 Å². The van der Waals surface area contributed by atoms with Crippen molar-refractivity contribution in [3.8, 4) is 0 Å². The highest BCUT2D eigenvalue weighted by atomic mass is 15.2. The molecule has 0 N–H and O–H groups in total. The molecule has 0 bridgehead atoms. The van der Waals surface area contributed by atoms with Crippen molar-refractivity contribution in [2.75, 3.05) is 0 Å². The molecule has 2 heteroatoms. The summed E-state index contributed by atoms with van der Waals surface area (Å²) >= 11 is 0. The minimum Gasteiger partial charge on any atom is -0.189 e. The fourth-order valence-electron chi connectivity index (χ4n) is 4.42. The van der Waals surface area contributed by atoms with Gasteiger partial charge in [0.25, 0.3) is 0 Å². The van der Waals surface area contributed by atoms with Crippen LogP contribution in [0.15, 0.2) is 70.9 Å². The molecule has 1 saturated carbocycles. The summed E-state index contributed by atoms with van der Waals surface area (Å²) in [5.74, 6) is 0.493. The molecule has 2 atom stereocenters. The summed E-state index contributed by atoms with van der Waals surface area (Å²) in [6.45, 7) is 0. The second kappa shape index (κ2) is 6.27. The van der Waals surface area contributed by atoms with Gasteiger partial charge in [0.2, 0.25) is 0 Å². The first kappa shape index (κ1) is 14.6. The Hall–Kier alpha value is -1.96. The van der Waals surface area contributed by atoms with E-state index in [0.717, 1.165) is 0 Å². The zero-order valence-electron chi connectivity index (χ0n) is 13.6. The van der Waals surface area contributed by atoms with Crippen molar-refractivity contribution in [1.82, 2.24) is 0 Å². The second-order valence-corrected chi connectivity index (χ2v) is 6.88. The molecular formula is C21H24N2. The van der Waals surface area contributed by atoms with Crippen LogP contribution in [0, 0.1) is 5.92 Å². The number of hydrogen-bond acceptors (Lipinski definition) is 2. The summed E-state index contributed by atoms with van der Waals surface area (Å²) in [7, 11) is 0. The maximum atomic E-state index is 4.96. The molecule has 2 aromatic carbocycles. The summed E-state index contributed by atoms with van der Waals surface area (Å²) in [5.41, 5.74) is 2.30. The smallest absolute Gasteiger partial charge is 0.136 e. The Morgan fingerprint density at radius 2 is 1.26 bits per heavy atom. The molecule has 2 nitrogen and oxygen atoms in total. The molecule has 23 heavy (non-hydrogen) atoms. The van der Waals surface area contributed by atoms with E-state index in [4.69, 9.17) is 10.2 Å². The van der Waals surface area contributed by atoms with E-state index < -0.39 is 0 Å². The van der Waals surface area contributed by atoms with Gasteiger partial charge in [0.15, 0.2) is 0 Å². The summed E-state index contributed by atoms with van der Waals surface area (Å²) in [6, 6.07) is 22.0. The number of azo groups is 1. The summed E-state index contributed by atoms with van der Waals surface area (Å²) in [4.78, 5) is 0. The Morgan fingerprint density at radius 3 is 1.87 bits per heavy atom. The van der Waals surface area contributed by atoms with Crippen molar-refractivity contribution in [3.05, 3.63) is 71.8 Å². The first-order valence-electron chi connectivity index (χ1n) is 8.94. The number of nitrogens with zero attached hydrogens (tertiary/aromatic N) is 2. The van der Waals surface area contributed by atoms with Crippen molar-refractivity contribution in [3.63, 3.8) is 0 Å². The Morgan fingerprint density at radius 1 is 0.696 bits per heavy atom. The third-order valence-corrected chi connectivity index (χ3v) is 5.56. The van der Waals surface area contributed by atoms with Gasteiger partial charge in [-0.3, -0.25) is 0 Å².